The minimum Gasteiger partial charge on any atom is -0.504 e. The molecular formula is C20H33NO2. The maximum absolute atomic E-state index is 9.56. The Morgan fingerprint density at radius 1 is 1.04 bits per heavy atom. The van der Waals surface area contributed by atoms with Gasteiger partial charge in [0.15, 0.2) is 11.5 Å². The van der Waals surface area contributed by atoms with Gasteiger partial charge in [-0.25, -0.2) is 0 Å². The molecule has 1 aromatic rings. The molecular weight excluding hydrogens is 286 g/mol. The van der Waals surface area contributed by atoms with Crippen LogP contribution in [0.2, 0.25) is 0 Å². The number of phenols is 2. The molecule has 1 saturated heterocycles. The zero-order valence-electron chi connectivity index (χ0n) is 14.9. The van der Waals surface area contributed by atoms with Crippen LogP contribution in [0.4, 0.5) is 0 Å². The predicted molar refractivity (Wildman–Crippen MR) is 96.0 cm³/mol. The van der Waals surface area contributed by atoms with E-state index in [1.54, 1.807) is 12.1 Å². The molecule has 0 aromatic heterocycles. The summed E-state index contributed by atoms with van der Waals surface area (Å²) >= 11 is 0. The van der Waals surface area contributed by atoms with Crippen LogP contribution in [0.5, 0.6) is 11.5 Å². The van der Waals surface area contributed by atoms with Crippen LogP contribution in [0, 0.1) is 5.41 Å². The van der Waals surface area contributed by atoms with E-state index in [1.807, 2.05) is 6.07 Å². The van der Waals surface area contributed by atoms with Crippen LogP contribution in [0.15, 0.2) is 18.2 Å². The van der Waals surface area contributed by atoms with Crippen molar-refractivity contribution in [1.82, 2.24) is 4.90 Å². The first-order valence-corrected chi connectivity index (χ1v) is 9.26. The highest BCUT2D eigenvalue weighted by Gasteiger charge is 2.29. The Kier molecular flexibility index (Phi) is 6.76. The van der Waals surface area contributed by atoms with Crippen LogP contribution in [0.25, 0.3) is 0 Å². The summed E-state index contributed by atoms with van der Waals surface area (Å²) in [5, 5.41) is 18.9. The van der Waals surface area contributed by atoms with E-state index in [0.29, 0.717) is 5.41 Å². The first-order valence-electron chi connectivity index (χ1n) is 9.26. The van der Waals surface area contributed by atoms with Gasteiger partial charge >= 0.3 is 0 Å². The van der Waals surface area contributed by atoms with Crippen molar-refractivity contribution in [2.75, 3.05) is 19.6 Å². The lowest BCUT2D eigenvalue weighted by Gasteiger charge is -2.39. The Morgan fingerprint density at radius 3 is 2.43 bits per heavy atom. The van der Waals surface area contributed by atoms with Crippen molar-refractivity contribution in [2.24, 2.45) is 5.41 Å². The minimum absolute atomic E-state index is 0.0131. The Hall–Kier alpha value is -1.22. The normalized spacial score (nSPS) is 18.2. The van der Waals surface area contributed by atoms with E-state index in [-0.39, 0.29) is 11.5 Å². The van der Waals surface area contributed by atoms with E-state index in [2.05, 4.69) is 18.7 Å². The summed E-state index contributed by atoms with van der Waals surface area (Å²) in [7, 11) is 0. The summed E-state index contributed by atoms with van der Waals surface area (Å²) in [4.78, 5) is 2.54. The minimum atomic E-state index is -0.0365. The highest BCUT2D eigenvalue weighted by atomic mass is 16.3. The van der Waals surface area contributed by atoms with Crippen LogP contribution in [0.1, 0.15) is 64.4 Å². The van der Waals surface area contributed by atoms with Crippen molar-refractivity contribution in [1.29, 1.82) is 0 Å². The van der Waals surface area contributed by atoms with Gasteiger partial charge in [0.1, 0.15) is 0 Å². The van der Waals surface area contributed by atoms with Crippen molar-refractivity contribution < 1.29 is 10.2 Å². The molecule has 0 atom stereocenters. The van der Waals surface area contributed by atoms with Crippen LogP contribution >= 0.6 is 0 Å². The van der Waals surface area contributed by atoms with E-state index < -0.39 is 0 Å². The van der Waals surface area contributed by atoms with Gasteiger partial charge in [0.25, 0.3) is 0 Å². The summed E-state index contributed by atoms with van der Waals surface area (Å²) in [6, 6.07) is 5.15. The number of benzene rings is 1. The molecule has 0 amide bonds. The number of nitrogens with zero attached hydrogens (tertiary/aromatic N) is 1. The highest BCUT2D eigenvalue weighted by Crippen LogP contribution is 2.36. The van der Waals surface area contributed by atoms with Crippen molar-refractivity contribution >= 4 is 0 Å². The average Bonchev–Trinajstić information content (AvgIpc) is 2.54. The Balaban J connectivity index is 1.70. The van der Waals surface area contributed by atoms with Gasteiger partial charge in [-0.15, -0.1) is 0 Å². The summed E-state index contributed by atoms with van der Waals surface area (Å²) in [5.41, 5.74) is 1.63. The van der Waals surface area contributed by atoms with Crippen LogP contribution in [-0.4, -0.2) is 34.7 Å². The van der Waals surface area contributed by atoms with E-state index in [0.717, 1.165) is 18.5 Å². The van der Waals surface area contributed by atoms with Crippen molar-refractivity contribution in [3.63, 3.8) is 0 Å². The fourth-order valence-electron chi connectivity index (χ4n) is 3.56. The number of hydrogen-bond acceptors (Lipinski definition) is 3. The Labute approximate surface area is 141 Å². The third-order valence-electron chi connectivity index (χ3n) is 5.45. The maximum Gasteiger partial charge on any atom is 0.157 e. The molecule has 0 spiro atoms. The predicted octanol–water partition coefficient (Wildman–Crippen LogP) is 4.71. The van der Waals surface area contributed by atoms with Crippen molar-refractivity contribution in [2.45, 2.75) is 65.2 Å². The zero-order chi connectivity index (χ0) is 16.7. The number of unbranched alkanes of at least 4 members (excludes halogenated alkanes) is 3. The molecule has 0 aliphatic carbocycles. The van der Waals surface area contributed by atoms with Gasteiger partial charge in [-0.2, -0.15) is 0 Å². The third kappa shape index (κ3) is 5.72. The fraction of sp³-hybridized carbons (Fsp3) is 0.700. The standard InChI is InChI=1S/C20H33NO2/c1-3-4-5-6-10-20(2)11-14-21(15-12-20)13-9-17-7-8-18(22)19(23)16-17/h7-8,16,22-23H,3-6,9-15H2,1-2H3. The molecule has 0 unspecified atom stereocenters. The number of aromatic hydroxyl groups is 2. The summed E-state index contributed by atoms with van der Waals surface area (Å²) in [5.74, 6) is -0.0497. The molecule has 3 nitrogen and oxygen atoms in total. The summed E-state index contributed by atoms with van der Waals surface area (Å²) in [6.07, 6.45) is 10.4. The van der Waals surface area contributed by atoms with Crippen LogP contribution in [0.3, 0.4) is 0 Å². The van der Waals surface area contributed by atoms with Gasteiger partial charge in [0.05, 0.1) is 0 Å². The number of likely N-dealkylation sites (tertiary alicyclic amines) is 1. The quantitative estimate of drug-likeness (QED) is 0.538. The molecule has 1 aliphatic rings. The lowest BCUT2D eigenvalue weighted by molar-refractivity contribution is 0.109. The molecule has 0 saturated carbocycles. The van der Waals surface area contributed by atoms with E-state index in [4.69, 9.17) is 0 Å². The summed E-state index contributed by atoms with van der Waals surface area (Å²) < 4.78 is 0. The van der Waals surface area contributed by atoms with Crippen molar-refractivity contribution in [3.05, 3.63) is 23.8 Å². The molecule has 0 bridgehead atoms. The van der Waals surface area contributed by atoms with Crippen LogP contribution < -0.4 is 0 Å². The molecule has 1 aromatic carbocycles. The molecule has 3 heteroatoms. The van der Waals surface area contributed by atoms with Gasteiger partial charge in [-0.05, 0) is 61.9 Å². The molecule has 130 valence electrons. The Bertz CT molecular complexity index is 479. The second-order valence-electron chi connectivity index (χ2n) is 7.54. The number of rotatable bonds is 8. The molecule has 1 aliphatic heterocycles. The molecule has 1 heterocycles. The van der Waals surface area contributed by atoms with Gasteiger partial charge < -0.3 is 15.1 Å². The first kappa shape index (κ1) is 18.1. The van der Waals surface area contributed by atoms with E-state index >= 15 is 0 Å². The van der Waals surface area contributed by atoms with Gasteiger partial charge in [0.2, 0.25) is 0 Å². The van der Waals surface area contributed by atoms with Crippen molar-refractivity contribution in [3.8, 4) is 11.5 Å². The van der Waals surface area contributed by atoms with E-state index in [9.17, 15) is 10.2 Å². The Morgan fingerprint density at radius 2 is 1.78 bits per heavy atom. The zero-order valence-corrected chi connectivity index (χ0v) is 14.9. The number of phenolic OH excluding ortho intramolecular Hbond substituents is 2. The highest BCUT2D eigenvalue weighted by molar-refractivity contribution is 5.40. The fourth-order valence-corrected chi connectivity index (χ4v) is 3.56. The molecule has 2 rings (SSSR count). The first-order chi connectivity index (χ1) is 11.0. The number of hydrogen-bond donors (Lipinski definition) is 2. The molecule has 1 fully saturated rings. The maximum atomic E-state index is 9.56. The lowest BCUT2D eigenvalue weighted by atomic mass is 9.76. The monoisotopic (exact) mass is 319 g/mol. The largest absolute Gasteiger partial charge is 0.504 e. The van der Waals surface area contributed by atoms with Crippen LogP contribution in [-0.2, 0) is 6.42 Å². The molecule has 2 N–H and O–H groups in total. The second-order valence-corrected chi connectivity index (χ2v) is 7.54. The van der Waals surface area contributed by atoms with Gasteiger partial charge in [-0.1, -0.05) is 45.6 Å². The third-order valence-corrected chi connectivity index (χ3v) is 5.45. The van der Waals surface area contributed by atoms with Gasteiger partial charge in [-0.3, -0.25) is 0 Å². The summed E-state index contributed by atoms with van der Waals surface area (Å²) in [6.45, 7) is 8.15. The second kappa shape index (κ2) is 8.58. The lowest BCUT2D eigenvalue weighted by Crippen LogP contribution is -2.39. The molecule has 23 heavy (non-hydrogen) atoms. The number of piperidine rings is 1. The average molecular weight is 319 g/mol. The molecule has 0 radical (unpaired) electrons. The SMILES string of the molecule is CCCCCCC1(C)CCN(CCc2ccc(O)c(O)c2)CC1. The topological polar surface area (TPSA) is 43.7 Å². The smallest absolute Gasteiger partial charge is 0.157 e. The van der Waals surface area contributed by atoms with Gasteiger partial charge in [0, 0.05) is 6.54 Å². The van der Waals surface area contributed by atoms with E-state index in [1.165, 1.54) is 58.0 Å².